The lowest BCUT2D eigenvalue weighted by atomic mass is 10.2. The molecule has 0 spiro atoms. The molecular weight excluding hydrogens is 323 g/mol. The van der Waals surface area contributed by atoms with Crippen LogP contribution in [0.25, 0.3) is 0 Å². The fourth-order valence-corrected chi connectivity index (χ4v) is 1.81. The van der Waals surface area contributed by atoms with E-state index in [9.17, 15) is 9.18 Å². The third-order valence-electron chi connectivity index (χ3n) is 2.38. The summed E-state index contributed by atoms with van der Waals surface area (Å²) < 4.78 is 13.4. The maximum atomic E-state index is 12.7. The molecule has 0 saturated heterocycles. The first-order chi connectivity index (χ1) is 9.65. The van der Waals surface area contributed by atoms with E-state index in [-0.39, 0.29) is 18.3 Å². The SMILES string of the molecule is O=C(NCC#Cc1ccc(F)cc1)c1cncc(Br)c1. The Bertz CT molecular complexity index is 674. The van der Waals surface area contributed by atoms with Gasteiger partial charge in [-0.2, -0.15) is 0 Å². The highest BCUT2D eigenvalue weighted by atomic mass is 79.9. The van der Waals surface area contributed by atoms with Gasteiger partial charge in [-0.25, -0.2) is 4.39 Å². The number of pyridine rings is 1. The second-order valence-corrected chi connectivity index (χ2v) is 4.80. The molecule has 0 saturated carbocycles. The number of halogens is 2. The standard InChI is InChI=1S/C15H10BrFN2O/c16-13-8-12(9-18-10-13)15(20)19-7-1-2-11-3-5-14(17)6-4-11/h3-6,8-10H,7H2,(H,19,20). The summed E-state index contributed by atoms with van der Waals surface area (Å²) in [4.78, 5) is 15.7. The molecule has 0 radical (unpaired) electrons. The molecule has 1 amide bonds. The van der Waals surface area contributed by atoms with Crippen LogP contribution >= 0.6 is 15.9 Å². The summed E-state index contributed by atoms with van der Waals surface area (Å²) in [5, 5.41) is 2.66. The van der Waals surface area contributed by atoms with Crippen LogP contribution in [-0.2, 0) is 0 Å². The van der Waals surface area contributed by atoms with Crippen LogP contribution in [0.1, 0.15) is 15.9 Å². The van der Waals surface area contributed by atoms with Crippen molar-refractivity contribution in [3.05, 3.63) is 64.1 Å². The minimum Gasteiger partial charge on any atom is -0.341 e. The summed E-state index contributed by atoms with van der Waals surface area (Å²) in [5.41, 5.74) is 1.16. The van der Waals surface area contributed by atoms with E-state index in [0.29, 0.717) is 11.1 Å². The number of nitrogens with one attached hydrogen (secondary N) is 1. The fourth-order valence-electron chi connectivity index (χ4n) is 1.44. The Labute approximate surface area is 124 Å². The Morgan fingerprint density at radius 1 is 1.30 bits per heavy atom. The molecule has 0 bridgehead atoms. The smallest absolute Gasteiger partial charge is 0.253 e. The Morgan fingerprint density at radius 3 is 2.75 bits per heavy atom. The zero-order chi connectivity index (χ0) is 14.4. The number of aromatic nitrogens is 1. The zero-order valence-corrected chi connectivity index (χ0v) is 11.9. The zero-order valence-electron chi connectivity index (χ0n) is 10.4. The molecule has 1 heterocycles. The Morgan fingerprint density at radius 2 is 2.05 bits per heavy atom. The van der Waals surface area contributed by atoms with Gasteiger partial charge < -0.3 is 5.32 Å². The molecule has 100 valence electrons. The van der Waals surface area contributed by atoms with Crippen molar-refractivity contribution in [2.24, 2.45) is 0 Å². The summed E-state index contributed by atoms with van der Waals surface area (Å²) >= 11 is 3.25. The first-order valence-corrected chi connectivity index (χ1v) is 6.57. The van der Waals surface area contributed by atoms with Crippen LogP contribution in [0, 0.1) is 17.7 Å². The van der Waals surface area contributed by atoms with Crippen LogP contribution in [0.3, 0.4) is 0 Å². The Kier molecular flexibility index (Phi) is 4.85. The van der Waals surface area contributed by atoms with Crippen molar-refractivity contribution < 1.29 is 9.18 Å². The molecule has 0 aliphatic carbocycles. The molecule has 0 atom stereocenters. The van der Waals surface area contributed by atoms with Gasteiger partial charge in [-0.1, -0.05) is 11.8 Å². The van der Waals surface area contributed by atoms with Gasteiger partial charge in [0.15, 0.2) is 0 Å². The number of hydrogen-bond acceptors (Lipinski definition) is 2. The second-order valence-electron chi connectivity index (χ2n) is 3.88. The second kappa shape index (κ2) is 6.83. The third-order valence-corrected chi connectivity index (χ3v) is 2.82. The highest BCUT2D eigenvalue weighted by molar-refractivity contribution is 9.10. The number of amides is 1. The average molecular weight is 333 g/mol. The minimum atomic E-state index is -0.300. The van der Waals surface area contributed by atoms with Crippen molar-refractivity contribution >= 4 is 21.8 Å². The van der Waals surface area contributed by atoms with Crippen LogP contribution < -0.4 is 5.32 Å². The summed E-state index contributed by atoms with van der Waals surface area (Å²) in [6.45, 7) is 0.211. The van der Waals surface area contributed by atoms with Gasteiger partial charge in [0.2, 0.25) is 0 Å². The molecule has 5 heteroatoms. The fraction of sp³-hybridized carbons (Fsp3) is 0.0667. The summed E-state index contributed by atoms with van der Waals surface area (Å²) in [7, 11) is 0. The van der Waals surface area contributed by atoms with Crippen LogP contribution in [-0.4, -0.2) is 17.4 Å². The molecule has 2 rings (SSSR count). The normalized spacial score (nSPS) is 9.50. The van der Waals surface area contributed by atoms with E-state index < -0.39 is 0 Å². The summed E-state index contributed by atoms with van der Waals surface area (Å²) in [6.07, 6.45) is 3.08. The van der Waals surface area contributed by atoms with Crippen LogP contribution in [0.2, 0.25) is 0 Å². The largest absolute Gasteiger partial charge is 0.341 e. The average Bonchev–Trinajstić information content (AvgIpc) is 2.45. The lowest BCUT2D eigenvalue weighted by molar-refractivity contribution is 0.0958. The van der Waals surface area contributed by atoms with Crippen molar-refractivity contribution in [3.8, 4) is 11.8 Å². The molecule has 20 heavy (non-hydrogen) atoms. The van der Waals surface area contributed by atoms with Gasteiger partial charge >= 0.3 is 0 Å². The van der Waals surface area contributed by atoms with Crippen LogP contribution in [0.15, 0.2) is 47.2 Å². The topological polar surface area (TPSA) is 42.0 Å². The van der Waals surface area contributed by atoms with Gasteiger partial charge in [-0.05, 0) is 46.3 Å². The van der Waals surface area contributed by atoms with Crippen molar-refractivity contribution in [1.29, 1.82) is 0 Å². The number of rotatable bonds is 2. The number of carbonyl (C=O) groups is 1. The lowest BCUT2D eigenvalue weighted by Gasteiger charge is -2.00. The number of benzene rings is 1. The molecule has 0 aliphatic rings. The van der Waals surface area contributed by atoms with E-state index in [2.05, 4.69) is 38.1 Å². The number of hydrogen-bond donors (Lipinski definition) is 1. The Hall–Kier alpha value is -2.19. The molecule has 2 aromatic rings. The minimum absolute atomic E-state index is 0.211. The van der Waals surface area contributed by atoms with Gasteiger partial charge in [0.1, 0.15) is 5.82 Å². The van der Waals surface area contributed by atoms with E-state index in [1.54, 1.807) is 24.4 Å². The van der Waals surface area contributed by atoms with E-state index >= 15 is 0 Å². The number of nitrogens with zero attached hydrogens (tertiary/aromatic N) is 1. The van der Waals surface area contributed by atoms with E-state index in [1.165, 1.54) is 18.3 Å². The molecule has 1 aromatic heterocycles. The van der Waals surface area contributed by atoms with Crippen molar-refractivity contribution in [2.75, 3.05) is 6.54 Å². The van der Waals surface area contributed by atoms with Crippen molar-refractivity contribution in [2.45, 2.75) is 0 Å². The van der Waals surface area contributed by atoms with Gasteiger partial charge in [-0.15, -0.1) is 0 Å². The number of carbonyl (C=O) groups excluding carboxylic acids is 1. The van der Waals surface area contributed by atoms with Crippen LogP contribution in [0.4, 0.5) is 4.39 Å². The maximum absolute atomic E-state index is 12.7. The third kappa shape index (κ3) is 4.18. The maximum Gasteiger partial charge on any atom is 0.253 e. The first-order valence-electron chi connectivity index (χ1n) is 5.78. The lowest BCUT2D eigenvalue weighted by Crippen LogP contribution is -2.23. The summed E-state index contributed by atoms with van der Waals surface area (Å²) in [5.74, 6) is 5.09. The predicted octanol–water partition coefficient (Wildman–Crippen LogP) is 2.76. The molecule has 1 N–H and O–H groups in total. The van der Waals surface area contributed by atoms with Gasteiger partial charge in [0.05, 0.1) is 12.1 Å². The highest BCUT2D eigenvalue weighted by Gasteiger charge is 2.04. The Balaban J connectivity index is 1.90. The molecule has 1 aromatic carbocycles. The molecule has 0 unspecified atom stereocenters. The van der Waals surface area contributed by atoms with Crippen molar-refractivity contribution in [3.63, 3.8) is 0 Å². The van der Waals surface area contributed by atoms with Gasteiger partial charge in [-0.3, -0.25) is 9.78 Å². The van der Waals surface area contributed by atoms with E-state index in [1.807, 2.05) is 0 Å². The quantitative estimate of drug-likeness (QED) is 0.859. The first kappa shape index (κ1) is 14.2. The van der Waals surface area contributed by atoms with E-state index in [4.69, 9.17) is 0 Å². The predicted molar refractivity (Wildman–Crippen MR) is 77.5 cm³/mol. The monoisotopic (exact) mass is 332 g/mol. The van der Waals surface area contributed by atoms with Gasteiger partial charge in [0.25, 0.3) is 5.91 Å². The molecular formula is C15H10BrFN2O. The van der Waals surface area contributed by atoms with Crippen LogP contribution in [0.5, 0.6) is 0 Å². The van der Waals surface area contributed by atoms with E-state index in [0.717, 1.165) is 4.47 Å². The highest BCUT2D eigenvalue weighted by Crippen LogP contribution is 2.09. The summed E-state index contributed by atoms with van der Waals surface area (Å²) in [6, 6.07) is 7.53. The van der Waals surface area contributed by atoms with Gasteiger partial charge in [0, 0.05) is 22.4 Å². The molecule has 0 aliphatic heterocycles. The molecule has 3 nitrogen and oxygen atoms in total. The molecule has 0 fully saturated rings. The van der Waals surface area contributed by atoms with Crippen molar-refractivity contribution in [1.82, 2.24) is 10.3 Å².